The van der Waals surface area contributed by atoms with Crippen LogP contribution >= 0.6 is 0 Å². The summed E-state index contributed by atoms with van der Waals surface area (Å²) in [6, 6.07) is 45.1. The van der Waals surface area contributed by atoms with Gasteiger partial charge in [-0.1, -0.05) is 103 Å². The van der Waals surface area contributed by atoms with Gasteiger partial charge in [0.25, 0.3) is 0 Å². The van der Waals surface area contributed by atoms with Crippen LogP contribution in [0.15, 0.2) is 121 Å². The van der Waals surface area contributed by atoms with Gasteiger partial charge in [-0.05, 0) is 105 Å². The summed E-state index contributed by atoms with van der Waals surface area (Å²) in [6.07, 6.45) is 0. The van der Waals surface area contributed by atoms with Crippen molar-refractivity contribution in [2.75, 3.05) is 0 Å². The third kappa shape index (κ3) is 2.20. The van der Waals surface area contributed by atoms with Crippen LogP contribution in [-0.2, 0) is 0 Å². The van der Waals surface area contributed by atoms with Gasteiger partial charge in [0.1, 0.15) is 0 Å². The van der Waals surface area contributed by atoms with E-state index in [9.17, 15) is 0 Å². The normalized spacial score (nSPS) is 12.4. The minimum atomic E-state index is 1.27. The van der Waals surface area contributed by atoms with Crippen LogP contribution in [0.1, 0.15) is 0 Å². The summed E-state index contributed by atoms with van der Waals surface area (Å²) in [6.45, 7) is 0. The molecule has 0 aliphatic carbocycles. The molecule has 0 heteroatoms. The van der Waals surface area contributed by atoms with Gasteiger partial charge in [0.15, 0.2) is 0 Å². The maximum Gasteiger partial charge on any atom is -0.00197 e. The van der Waals surface area contributed by atoms with Crippen molar-refractivity contribution in [2.24, 2.45) is 0 Å². The molecule has 164 valence electrons. The summed E-state index contributed by atoms with van der Waals surface area (Å²) >= 11 is 0. The average molecular weight is 453 g/mol. The summed E-state index contributed by atoms with van der Waals surface area (Å²) in [7, 11) is 0. The van der Waals surface area contributed by atoms with E-state index in [0.717, 1.165) is 0 Å². The van der Waals surface area contributed by atoms with E-state index in [1.54, 1.807) is 0 Å². The molecule has 0 N–H and O–H groups in total. The molecule has 0 unspecified atom stereocenters. The first kappa shape index (κ1) is 18.6. The van der Waals surface area contributed by atoms with Crippen molar-refractivity contribution in [1.29, 1.82) is 0 Å². The van der Waals surface area contributed by atoms with Crippen LogP contribution in [0.5, 0.6) is 0 Å². The van der Waals surface area contributed by atoms with Crippen molar-refractivity contribution in [3.8, 4) is 11.1 Å². The van der Waals surface area contributed by atoms with E-state index in [1.807, 2.05) is 0 Å². The average Bonchev–Trinajstić information content (AvgIpc) is 3.43. The molecule has 0 fully saturated rings. The number of hydrogen-bond acceptors (Lipinski definition) is 0. The Morgan fingerprint density at radius 2 is 0.861 bits per heavy atom. The lowest BCUT2D eigenvalue weighted by Crippen LogP contribution is -1.79. The Bertz CT molecular complexity index is 2280. The molecule has 0 aliphatic rings. The minimum absolute atomic E-state index is 1.27. The van der Waals surface area contributed by atoms with Gasteiger partial charge in [-0.2, -0.15) is 0 Å². The maximum absolute atomic E-state index is 2.45. The summed E-state index contributed by atoms with van der Waals surface area (Å²) in [5.74, 6) is 0. The van der Waals surface area contributed by atoms with E-state index < -0.39 is 0 Å². The highest BCUT2D eigenvalue weighted by Gasteiger charge is 2.18. The predicted molar refractivity (Wildman–Crippen MR) is 157 cm³/mol. The van der Waals surface area contributed by atoms with Crippen LogP contribution in [0.2, 0.25) is 0 Å². The second-order valence-electron chi connectivity index (χ2n) is 10.1. The number of benzene rings is 7. The Labute approximate surface area is 207 Å². The van der Waals surface area contributed by atoms with Crippen LogP contribution in [0.3, 0.4) is 0 Å². The highest BCUT2D eigenvalue weighted by Crippen LogP contribution is 2.47. The van der Waals surface area contributed by atoms with Gasteiger partial charge in [0, 0.05) is 0 Å². The van der Waals surface area contributed by atoms with Crippen LogP contribution in [0.25, 0.3) is 86.5 Å². The molecule has 0 spiro atoms. The van der Waals surface area contributed by atoms with Crippen LogP contribution in [0, 0.1) is 0 Å². The molecule has 0 aliphatic heterocycles. The Balaban J connectivity index is 1.50. The Morgan fingerprint density at radius 3 is 1.64 bits per heavy atom. The Morgan fingerprint density at radius 1 is 0.278 bits per heavy atom. The lowest BCUT2D eigenvalue weighted by Gasteiger charge is -2.07. The van der Waals surface area contributed by atoms with Crippen molar-refractivity contribution < 1.29 is 0 Å². The quantitative estimate of drug-likeness (QED) is 0.217. The summed E-state index contributed by atoms with van der Waals surface area (Å²) < 4.78 is 0. The van der Waals surface area contributed by atoms with Gasteiger partial charge >= 0.3 is 0 Å². The van der Waals surface area contributed by atoms with E-state index in [4.69, 9.17) is 0 Å². The molecule has 9 aromatic carbocycles. The van der Waals surface area contributed by atoms with Crippen molar-refractivity contribution >= 4 is 75.4 Å². The highest BCUT2D eigenvalue weighted by molar-refractivity contribution is 6.38. The number of fused-ring (bicyclic) bond motifs is 8. The molecular formula is C36H20. The third-order valence-electron chi connectivity index (χ3n) is 8.31. The third-order valence-corrected chi connectivity index (χ3v) is 8.31. The Hall–Kier alpha value is -4.68. The maximum atomic E-state index is 2.45. The standard InChI is InChI=1S/C36H20/c1-2-8-21(9-3-1)24-12-6-16-28-33-19-23-18-31-26-13-4-10-22-11-5-14-27(34(22)26)32(31)20-30(23)25-15-7-17-29(35(24)28)36(25)33/h1-20H. The van der Waals surface area contributed by atoms with E-state index >= 15 is 0 Å². The first-order chi connectivity index (χ1) is 17.9. The molecule has 0 atom stereocenters. The molecule has 0 nitrogen and oxygen atoms in total. The number of hydrogen-bond donors (Lipinski definition) is 0. The van der Waals surface area contributed by atoms with Crippen LogP contribution in [0.4, 0.5) is 0 Å². The second kappa shape index (κ2) is 6.50. The van der Waals surface area contributed by atoms with Gasteiger partial charge in [-0.15, -0.1) is 0 Å². The summed E-state index contributed by atoms with van der Waals surface area (Å²) in [5.41, 5.74) is 2.58. The van der Waals surface area contributed by atoms with E-state index in [-0.39, 0.29) is 0 Å². The van der Waals surface area contributed by atoms with E-state index in [2.05, 4.69) is 121 Å². The molecule has 0 bridgehead atoms. The molecule has 0 saturated carbocycles. The molecule has 0 aromatic heterocycles. The predicted octanol–water partition coefficient (Wildman–Crippen LogP) is 10.3. The largest absolute Gasteiger partial charge is 0.0622 e. The molecule has 0 radical (unpaired) electrons. The number of rotatable bonds is 1. The smallest absolute Gasteiger partial charge is 0.00197 e. The summed E-state index contributed by atoms with van der Waals surface area (Å²) in [4.78, 5) is 0. The van der Waals surface area contributed by atoms with Gasteiger partial charge in [0.05, 0.1) is 0 Å². The van der Waals surface area contributed by atoms with Crippen LogP contribution < -0.4 is 0 Å². The fraction of sp³-hybridized carbons (Fsp3) is 0. The molecule has 0 saturated heterocycles. The molecule has 0 amide bonds. The highest BCUT2D eigenvalue weighted by atomic mass is 14.2. The Kier molecular flexibility index (Phi) is 3.36. The fourth-order valence-electron chi connectivity index (χ4n) is 6.85. The first-order valence-corrected chi connectivity index (χ1v) is 12.6. The zero-order valence-corrected chi connectivity index (χ0v) is 19.5. The zero-order valence-electron chi connectivity index (χ0n) is 19.5. The van der Waals surface area contributed by atoms with Gasteiger partial charge in [-0.25, -0.2) is 0 Å². The van der Waals surface area contributed by atoms with Crippen LogP contribution in [-0.4, -0.2) is 0 Å². The van der Waals surface area contributed by atoms with E-state index in [1.165, 1.54) is 86.5 Å². The monoisotopic (exact) mass is 452 g/mol. The minimum Gasteiger partial charge on any atom is -0.0622 e. The lowest BCUT2D eigenvalue weighted by atomic mass is 9.96. The molecule has 0 heterocycles. The second-order valence-corrected chi connectivity index (χ2v) is 10.1. The van der Waals surface area contributed by atoms with Crippen molar-refractivity contribution in [2.45, 2.75) is 0 Å². The van der Waals surface area contributed by atoms with Crippen molar-refractivity contribution in [3.05, 3.63) is 121 Å². The lowest BCUT2D eigenvalue weighted by molar-refractivity contribution is 1.67. The van der Waals surface area contributed by atoms with Gasteiger partial charge in [0.2, 0.25) is 0 Å². The summed E-state index contributed by atoms with van der Waals surface area (Å²) in [5, 5.41) is 18.9. The molecule has 9 aromatic rings. The molecular weight excluding hydrogens is 432 g/mol. The first-order valence-electron chi connectivity index (χ1n) is 12.6. The van der Waals surface area contributed by atoms with Gasteiger partial charge in [-0.3, -0.25) is 0 Å². The SMILES string of the molecule is c1ccc(-c2cccc3c4cc5cc6c(cc5c5cccc(c23)c54)c2cccc3cccc6c32)cc1. The van der Waals surface area contributed by atoms with E-state index in [0.29, 0.717) is 0 Å². The van der Waals surface area contributed by atoms with Crippen molar-refractivity contribution in [1.82, 2.24) is 0 Å². The fourth-order valence-corrected chi connectivity index (χ4v) is 6.85. The van der Waals surface area contributed by atoms with Gasteiger partial charge < -0.3 is 0 Å². The molecule has 9 rings (SSSR count). The zero-order chi connectivity index (χ0) is 23.4. The molecule has 36 heavy (non-hydrogen) atoms. The topological polar surface area (TPSA) is 0 Å². The van der Waals surface area contributed by atoms with Crippen molar-refractivity contribution in [3.63, 3.8) is 0 Å².